The molecule has 0 aromatic carbocycles. The maximum atomic E-state index is 11.6. The molecule has 0 saturated heterocycles. The average Bonchev–Trinajstić information content (AvgIpc) is 2.89. The number of methoxy groups -OCH3 is 1. The van der Waals surface area contributed by atoms with E-state index in [0.29, 0.717) is 5.69 Å². The van der Waals surface area contributed by atoms with Crippen molar-refractivity contribution in [2.75, 3.05) is 7.11 Å². The maximum Gasteiger partial charge on any atom is 0.354 e. The van der Waals surface area contributed by atoms with Gasteiger partial charge in [0.05, 0.1) is 7.11 Å². The first-order valence-corrected chi connectivity index (χ1v) is 5.79. The fourth-order valence-corrected chi connectivity index (χ4v) is 2.18. The third-order valence-corrected chi connectivity index (χ3v) is 3.71. The summed E-state index contributed by atoms with van der Waals surface area (Å²) in [6.07, 6.45) is 1.28. The van der Waals surface area contributed by atoms with Gasteiger partial charge in [0.25, 0.3) is 0 Å². The van der Waals surface area contributed by atoms with E-state index in [1.807, 2.05) is 13.0 Å². The molecule has 0 spiro atoms. The quantitative estimate of drug-likeness (QED) is 0.734. The van der Waals surface area contributed by atoms with Gasteiger partial charge in [0.15, 0.2) is 0 Å². The summed E-state index contributed by atoms with van der Waals surface area (Å²) >= 11 is 0. The first-order valence-electron chi connectivity index (χ1n) is 5.79. The van der Waals surface area contributed by atoms with Crippen LogP contribution in [-0.4, -0.2) is 17.6 Å². The lowest BCUT2D eigenvalue weighted by Gasteiger charge is -2.09. The number of hydrogen-bond acceptors (Lipinski definition) is 2. The third-order valence-electron chi connectivity index (χ3n) is 3.71. The number of esters is 1. The van der Waals surface area contributed by atoms with E-state index < -0.39 is 0 Å². The minimum absolute atomic E-state index is 0.232. The van der Waals surface area contributed by atoms with E-state index in [1.54, 1.807) is 0 Å². The molecule has 1 aliphatic carbocycles. The summed E-state index contributed by atoms with van der Waals surface area (Å²) in [5.74, 6) is 1.30. The van der Waals surface area contributed by atoms with Crippen LogP contribution < -0.4 is 0 Å². The Morgan fingerprint density at radius 2 is 2.19 bits per heavy atom. The Labute approximate surface area is 96.4 Å². The van der Waals surface area contributed by atoms with Gasteiger partial charge in [0, 0.05) is 12.2 Å². The van der Waals surface area contributed by atoms with Gasteiger partial charge in [-0.1, -0.05) is 6.92 Å². The highest BCUT2D eigenvalue weighted by atomic mass is 16.5. The molecule has 2 rings (SSSR count). The molecule has 1 fully saturated rings. The minimum Gasteiger partial charge on any atom is -0.464 e. The van der Waals surface area contributed by atoms with Crippen LogP contribution in [-0.2, 0) is 11.3 Å². The van der Waals surface area contributed by atoms with Crippen LogP contribution in [0.3, 0.4) is 0 Å². The van der Waals surface area contributed by atoms with Gasteiger partial charge in [-0.3, -0.25) is 0 Å². The Hall–Kier alpha value is -1.25. The monoisotopic (exact) mass is 221 g/mol. The van der Waals surface area contributed by atoms with E-state index in [2.05, 4.69) is 18.4 Å². The number of rotatable bonds is 3. The molecular weight excluding hydrogens is 202 g/mol. The highest BCUT2D eigenvalue weighted by Crippen LogP contribution is 2.39. The number of ether oxygens (including phenoxy) is 1. The van der Waals surface area contributed by atoms with Crippen molar-refractivity contribution in [3.05, 3.63) is 23.0 Å². The number of carbonyl (C=O) groups excluding carboxylic acids is 1. The SMILES string of the molecule is COC(=O)c1cc(C)c(C)n1CC1CC1C. The summed E-state index contributed by atoms with van der Waals surface area (Å²) in [7, 11) is 1.43. The second kappa shape index (κ2) is 3.96. The molecular formula is C13H19NO2. The molecule has 0 aliphatic heterocycles. The van der Waals surface area contributed by atoms with Crippen molar-refractivity contribution in [1.82, 2.24) is 4.57 Å². The average molecular weight is 221 g/mol. The number of nitrogens with zero attached hydrogens (tertiary/aromatic N) is 1. The van der Waals surface area contributed by atoms with E-state index in [1.165, 1.54) is 19.2 Å². The van der Waals surface area contributed by atoms with Gasteiger partial charge in [-0.15, -0.1) is 0 Å². The molecule has 3 nitrogen and oxygen atoms in total. The van der Waals surface area contributed by atoms with Crippen LogP contribution in [0.15, 0.2) is 6.07 Å². The maximum absolute atomic E-state index is 11.6. The van der Waals surface area contributed by atoms with Gasteiger partial charge in [-0.2, -0.15) is 0 Å². The van der Waals surface area contributed by atoms with E-state index in [9.17, 15) is 4.79 Å². The molecule has 1 heterocycles. The summed E-state index contributed by atoms with van der Waals surface area (Å²) in [5, 5.41) is 0. The lowest BCUT2D eigenvalue weighted by Crippen LogP contribution is -2.13. The van der Waals surface area contributed by atoms with E-state index in [-0.39, 0.29) is 5.97 Å². The summed E-state index contributed by atoms with van der Waals surface area (Å²) in [6.45, 7) is 7.31. The molecule has 1 saturated carbocycles. The van der Waals surface area contributed by atoms with Crippen LogP contribution >= 0.6 is 0 Å². The van der Waals surface area contributed by atoms with E-state index in [4.69, 9.17) is 4.74 Å². The van der Waals surface area contributed by atoms with E-state index in [0.717, 1.165) is 23.9 Å². The highest BCUT2D eigenvalue weighted by Gasteiger charge is 2.34. The van der Waals surface area contributed by atoms with E-state index >= 15 is 0 Å². The molecule has 16 heavy (non-hydrogen) atoms. The molecule has 1 aromatic heterocycles. The first kappa shape index (κ1) is 11.2. The summed E-state index contributed by atoms with van der Waals surface area (Å²) in [5.41, 5.74) is 3.03. The number of hydrogen-bond donors (Lipinski definition) is 0. The predicted octanol–water partition coefficient (Wildman–Crippen LogP) is 2.55. The number of aryl methyl sites for hydroxylation is 1. The summed E-state index contributed by atoms with van der Waals surface area (Å²) in [4.78, 5) is 11.6. The zero-order chi connectivity index (χ0) is 11.9. The highest BCUT2D eigenvalue weighted by molar-refractivity contribution is 5.88. The molecule has 3 heteroatoms. The molecule has 2 unspecified atom stereocenters. The van der Waals surface area contributed by atoms with Gasteiger partial charge in [-0.05, 0) is 43.7 Å². The Bertz CT molecular complexity index is 420. The lowest BCUT2D eigenvalue weighted by atomic mass is 10.3. The molecule has 0 N–H and O–H groups in total. The fourth-order valence-electron chi connectivity index (χ4n) is 2.18. The Morgan fingerprint density at radius 3 is 2.69 bits per heavy atom. The molecule has 1 aliphatic rings. The molecule has 88 valence electrons. The second-order valence-corrected chi connectivity index (χ2v) is 4.87. The van der Waals surface area contributed by atoms with Crippen LogP contribution in [0.5, 0.6) is 0 Å². The molecule has 0 amide bonds. The lowest BCUT2D eigenvalue weighted by molar-refractivity contribution is 0.0587. The van der Waals surface area contributed by atoms with Crippen molar-refractivity contribution in [2.45, 2.75) is 33.7 Å². The largest absolute Gasteiger partial charge is 0.464 e. The predicted molar refractivity (Wildman–Crippen MR) is 62.5 cm³/mol. The molecule has 2 atom stereocenters. The molecule has 0 radical (unpaired) electrons. The van der Waals surface area contributed by atoms with Gasteiger partial charge in [0.2, 0.25) is 0 Å². The number of carbonyl (C=O) groups is 1. The smallest absolute Gasteiger partial charge is 0.354 e. The van der Waals surface area contributed by atoms with Gasteiger partial charge in [0.1, 0.15) is 5.69 Å². The zero-order valence-electron chi connectivity index (χ0n) is 10.4. The van der Waals surface area contributed by atoms with Crippen molar-refractivity contribution in [3.8, 4) is 0 Å². The first-order chi connectivity index (χ1) is 7.54. The van der Waals surface area contributed by atoms with Gasteiger partial charge in [-0.25, -0.2) is 4.79 Å². The van der Waals surface area contributed by atoms with Crippen LogP contribution in [0, 0.1) is 25.7 Å². The topological polar surface area (TPSA) is 31.2 Å². The molecule has 0 bridgehead atoms. The van der Waals surface area contributed by atoms with Crippen LogP contribution in [0.4, 0.5) is 0 Å². The van der Waals surface area contributed by atoms with Crippen molar-refractivity contribution in [2.24, 2.45) is 11.8 Å². The Morgan fingerprint density at radius 1 is 1.56 bits per heavy atom. The van der Waals surface area contributed by atoms with Crippen molar-refractivity contribution in [1.29, 1.82) is 0 Å². The normalized spacial score (nSPS) is 23.2. The minimum atomic E-state index is -0.232. The second-order valence-electron chi connectivity index (χ2n) is 4.87. The van der Waals surface area contributed by atoms with Crippen LogP contribution in [0.2, 0.25) is 0 Å². The van der Waals surface area contributed by atoms with Crippen molar-refractivity contribution < 1.29 is 9.53 Å². The summed E-state index contributed by atoms with van der Waals surface area (Å²) < 4.78 is 6.92. The van der Waals surface area contributed by atoms with Crippen molar-refractivity contribution >= 4 is 5.97 Å². The zero-order valence-corrected chi connectivity index (χ0v) is 10.4. The Kier molecular flexibility index (Phi) is 2.78. The standard InChI is InChI=1S/C13H19NO2/c1-8-6-12(13(15)16-4)14(10(8)3)7-11-5-9(11)2/h6,9,11H,5,7H2,1-4H3. The summed E-state index contributed by atoms with van der Waals surface area (Å²) in [6, 6.07) is 1.92. The van der Waals surface area contributed by atoms with Crippen LogP contribution in [0.1, 0.15) is 35.1 Å². The fraction of sp³-hybridized carbons (Fsp3) is 0.615. The van der Waals surface area contributed by atoms with Gasteiger partial charge < -0.3 is 9.30 Å². The molecule has 1 aromatic rings. The van der Waals surface area contributed by atoms with Crippen molar-refractivity contribution in [3.63, 3.8) is 0 Å². The third kappa shape index (κ3) is 1.86. The Balaban J connectivity index is 2.29. The number of aromatic nitrogens is 1. The van der Waals surface area contributed by atoms with Crippen LogP contribution in [0.25, 0.3) is 0 Å². The van der Waals surface area contributed by atoms with Gasteiger partial charge >= 0.3 is 5.97 Å².